The third kappa shape index (κ3) is 3.73. The summed E-state index contributed by atoms with van der Waals surface area (Å²) < 4.78 is 10.9. The molecule has 0 spiro atoms. The lowest BCUT2D eigenvalue weighted by Gasteiger charge is -2.30. The minimum atomic E-state index is -0.677. The Morgan fingerprint density at radius 1 is 1.45 bits per heavy atom. The molecule has 1 fully saturated rings. The summed E-state index contributed by atoms with van der Waals surface area (Å²) in [6.07, 6.45) is -0.677. The number of aliphatic hydroxyl groups excluding tert-OH is 1. The number of nitrogens with zero attached hydrogens (tertiary/aromatic N) is 1. The Kier molecular flexibility index (Phi) is 6.06. The van der Waals surface area contributed by atoms with Crippen LogP contribution in [0.5, 0.6) is 5.75 Å². The molecule has 0 aliphatic carbocycles. The first-order valence-corrected chi connectivity index (χ1v) is 7.94. The second-order valence-electron chi connectivity index (χ2n) is 5.74. The number of ether oxygens (including phenoxy) is 2. The summed E-state index contributed by atoms with van der Waals surface area (Å²) in [6.45, 7) is 7.33. The van der Waals surface area contributed by atoms with Gasteiger partial charge in [-0.15, -0.1) is 0 Å². The third-order valence-corrected chi connectivity index (χ3v) is 4.51. The van der Waals surface area contributed by atoms with E-state index in [2.05, 4.69) is 4.90 Å². The minimum absolute atomic E-state index is 0.220. The molecule has 1 aromatic rings. The van der Waals surface area contributed by atoms with E-state index in [4.69, 9.17) is 26.8 Å². The van der Waals surface area contributed by atoms with E-state index in [0.29, 0.717) is 30.5 Å². The largest absolute Gasteiger partial charge is 0.496 e. The van der Waals surface area contributed by atoms with Crippen molar-refractivity contribution in [2.45, 2.75) is 26.0 Å². The Hall–Kier alpha value is -0.850. The van der Waals surface area contributed by atoms with Gasteiger partial charge >= 0.3 is 0 Å². The van der Waals surface area contributed by atoms with Crippen molar-refractivity contribution in [3.63, 3.8) is 0 Å². The smallest absolute Gasteiger partial charge is 0.129 e. The lowest BCUT2D eigenvalue weighted by atomic mass is 9.95. The fraction of sp³-hybridized carbons (Fsp3) is 0.625. The molecule has 2 atom stereocenters. The molecule has 0 aromatic heterocycles. The van der Waals surface area contributed by atoms with Crippen LogP contribution < -0.4 is 10.5 Å². The van der Waals surface area contributed by atoms with Gasteiger partial charge in [-0.3, -0.25) is 4.90 Å². The topological polar surface area (TPSA) is 68.0 Å². The Bertz CT molecular complexity index is 517. The molecule has 6 heteroatoms. The molecule has 0 amide bonds. The van der Waals surface area contributed by atoms with Crippen molar-refractivity contribution in [1.82, 2.24) is 4.90 Å². The van der Waals surface area contributed by atoms with Crippen molar-refractivity contribution in [1.29, 1.82) is 0 Å². The first kappa shape index (κ1) is 17.5. The standard InChI is InChI=1S/C16H25ClN2O3/c1-10-13(17)8-12(11(2)18)16(21-3)15(10)14(20)9-19-4-6-22-7-5-19/h8,11,14,20H,4-7,9,18H2,1-3H3. The van der Waals surface area contributed by atoms with Crippen LogP contribution in [-0.2, 0) is 4.74 Å². The van der Waals surface area contributed by atoms with Crippen LogP contribution in [0.2, 0.25) is 5.02 Å². The lowest BCUT2D eigenvalue weighted by Crippen LogP contribution is -2.39. The fourth-order valence-corrected chi connectivity index (χ4v) is 3.07. The fourth-order valence-electron chi connectivity index (χ4n) is 2.85. The monoisotopic (exact) mass is 328 g/mol. The SMILES string of the molecule is COc1c(C(C)N)cc(Cl)c(C)c1C(O)CN1CCOCC1. The first-order valence-electron chi connectivity index (χ1n) is 7.56. The van der Waals surface area contributed by atoms with Crippen LogP contribution in [0.1, 0.15) is 35.8 Å². The molecule has 5 nitrogen and oxygen atoms in total. The number of halogens is 1. The molecule has 1 aromatic carbocycles. The normalized spacial score (nSPS) is 19.0. The molecule has 1 heterocycles. The Labute approximate surface area is 136 Å². The predicted octanol–water partition coefficient (Wildman–Crippen LogP) is 2.04. The number of methoxy groups -OCH3 is 1. The molecule has 3 N–H and O–H groups in total. The van der Waals surface area contributed by atoms with Gasteiger partial charge in [-0.1, -0.05) is 11.6 Å². The molecule has 2 rings (SSSR count). The van der Waals surface area contributed by atoms with Gasteiger partial charge in [0, 0.05) is 41.8 Å². The number of hydrogen-bond acceptors (Lipinski definition) is 5. The summed E-state index contributed by atoms with van der Waals surface area (Å²) in [4.78, 5) is 2.18. The maximum Gasteiger partial charge on any atom is 0.129 e. The number of hydrogen-bond donors (Lipinski definition) is 2. The zero-order valence-corrected chi connectivity index (χ0v) is 14.2. The number of aliphatic hydroxyl groups is 1. The molecule has 0 saturated carbocycles. The zero-order chi connectivity index (χ0) is 16.3. The van der Waals surface area contributed by atoms with Crippen LogP contribution in [0.15, 0.2) is 6.07 Å². The van der Waals surface area contributed by atoms with Crippen molar-refractivity contribution < 1.29 is 14.6 Å². The highest BCUT2D eigenvalue weighted by Gasteiger charge is 2.25. The molecule has 1 saturated heterocycles. The summed E-state index contributed by atoms with van der Waals surface area (Å²) in [5.74, 6) is 0.637. The van der Waals surface area contributed by atoms with Crippen molar-refractivity contribution in [2.24, 2.45) is 5.73 Å². The van der Waals surface area contributed by atoms with Crippen molar-refractivity contribution >= 4 is 11.6 Å². The van der Waals surface area contributed by atoms with E-state index in [1.165, 1.54) is 0 Å². The van der Waals surface area contributed by atoms with E-state index in [1.807, 2.05) is 19.9 Å². The second-order valence-corrected chi connectivity index (χ2v) is 6.14. The van der Waals surface area contributed by atoms with Crippen LogP contribution in [0.4, 0.5) is 0 Å². The van der Waals surface area contributed by atoms with Crippen LogP contribution in [0.25, 0.3) is 0 Å². The van der Waals surface area contributed by atoms with Gasteiger partial charge in [0.15, 0.2) is 0 Å². The average molecular weight is 329 g/mol. The van der Waals surface area contributed by atoms with Crippen LogP contribution in [-0.4, -0.2) is 50.0 Å². The minimum Gasteiger partial charge on any atom is -0.496 e. The lowest BCUT2D eigenvalue weighted by molar-refractivity contribution is 0.0138. The van der Waals surface area contributed by atoms with E-state index in [0.717, 1.165) is 29.8 Å². The van der Waals surface area contributed by atoms with Gasteiger partial charge in [0.2, 0.25) is 0 Å². The van der Waals surface area contributed by atoms with Crippen LogP contribution >= 0.6 is 11.6 Å². The summed E-state index contributed by atoms with van der Waals surface area (Å²) in [5.41, 5.74) is 8.40. The average Bonchev–Trinajstić information content (AvgIpc) is 2.49. The molecule has 0 radical (unpaired) electrons. The molecule has 22 heavy (non-hydrogen) atoms. The summed E-state index contributed by atoms with van der Waals surface area (Å²) in [6, 6.07) is 1.60. The van der Waals surface area contributed by atoms with Gasteiger partial charge in [-0.25, -0.2) is 0 Å². The van der Waals surface area contributed by atoms with E-state index < -0.39 is 6.10 Å². The molecule has 2 unspecified atom stereocenters. The number of rotatable bonds is 5. The Balaban J connectivity index is 2.34. The summed E-state index contributed by atoms with van der Waals surface area (Å²) in [7, 11) is 1.60. The van der Waals surface area contributed by atoms with Crippen LogP contribution in [0, 0.1) is 6.92 Å². The van der Waals surface area contributed by atoms with Gasteiger partial charge in [0.1, 0.15) is 5.75 Å². The highest BCUT2D eigenvalue weighted by atomic mass is 35.5. The molecule has 124 valence electrons. The molecule has 0 bridgehead atoms. The molecular weight excluding hydrogens is 304 g/mol. The van der Waals surface area contributed by atoms with Gasteiger partial charge in [-0.2, -0.15) is 0 Å². The maximum atomic E-state index is 10.7. The van der Waals surface area contributed by atoms with Crippen LogP contribution in [0.3, 0.4) is 0 Å². The van der Waals surface area contributed by atoms with Crippen molar-refractivity contribution in [2.75, 3.05) is 40.0 Å². The van der Waals surface area contributed by atoms with Crippen molar-refractivity contribution in [3.8, 4) is 5.75 Å². The van der Waals surface area contributed by atoms with E-state index >= 15 is 0 Å². The van der Waals surface area contributed by atoms with Crippen molar-refractivity contribution in [3.05, 3.63) is 27.8 Å². The van der Waals surface area contributed by atoms with E-state index in [1.54, 1.807) is 7.11 Å². The van der Waals surface area contributed by atoms with Gasteiger partial charge in [0.05, 0.1) is 26.4 Å². The van der Waals surface area contributed by atoms with Gasteiger partial charge < -0.3 is 20.3 Å². The van der Waals surface area contributed by atoms with E-state index in [-0.39, 0.29) is 6.04 Å². The zero-order valence-electron chi connectivity index (χ0n) is 13.4. The highest BCUT2D eigenvalue weighted by Crippen LogP contribution is 2.39. The first-order chi connectivity index (χ1) is 10.5. The second kappa shape index (κ2) is 7.62. The maximum absolute atomic E-state index is 10.7. The third-order valence-electron chi connectivity index (χ3n) is 4.11. The van der Waals surface area contributed by atoms with Gasteiger partial charge in [-0.05, 0) is 25.5 Å². The molecule has 1 aliphatic rings. The van der Waals surface area contributed by atoms with Gasteiger partial charge in [0.25, 0.3) is 0 Å². The summed E-state index contributed by atoms with van der Waals surface area (Å²) in [5, 5.41) is 11.3. The Morgan fingerprint density at radius 3 is 2.64 bits per heavy atom. The predicted molar refractivity (Wildman–Crippen MR) is 87.6 cm³/mol. The number of benzene rings is 1. The highest BCUT2D eigenvalue weighted by molar-refractivity contribution is 6.31. The number of morpholine rings is 1. The molecular formula is C16H25ClN2O3. The Morgan fingerprint density at radius 2 is 2.09 bits per heavy atom. The van der Waals surface area contributed by atoms with E-state index in [9.17, 15) is 5.11 Å². The quantitative estimate of drug-likeness (QED) is 0.865. The number of β-amino-alcohol motifs (C(OH)–C–C–N with tert-alkyl or cyclic N) is 1. The molecule has 1 aliphatic heterocycles. The summed E-state index contributed by atoms with van der Waals surface area (Å²) >= 11 is 6.32. The number of nitrogens with two attached hydrogens (primary N) is 1.